The molecule has 0 saturated heterocycles. The largest absolute Gasteiger partial charge is 0.302 e. The van der Waals surface area contributed by atoms with Crippen LogP contribution in [0.2, 0.25) is 0 Å². The second kappa shape index (κ2) is 5.47. The van der Waals surface area contributed by atoms with Gasteiger partial charge in [-0.15, -0.1) is 11.6 Å². The average Bonchev–Trinajstić information content (AvgIpc) is 2.69. The van der Waals surface area contributed by atoms with Gasteiger partial charge in [-0.3, -0.25) is 4.79 Å². The number of alkyl halides is 1. The van der Waals surface area contributed by atoms with Crippen LogP contribution in [-0.2, 0) is 11.2 Å². The number of rotatable bonds is 4. The Morgan fingerprint density at radius 3 is 3.06 bits per heavy atom. The topological polar surface area (TPSA) is 42.0 Å². The summed E-state index contributed by atoms with van der Waals surface area (Å²) < 4.78 is 1.10. The second-order valence-electron chi connectivity index (χ2n) is 3.66. The van der Waals surface area contributed by atoms with E-state index in [4.69, 9.17) is 11.6 Å². The Balaban J connectivity index is 2.22. The summed E-state index contributed by atoms with van der Waals surface area (Å²) in [5, 5.41) is 3.40. The summed E-state index contributed by atoms with van der Waals surface area (Å²) in [6.45, 7) is 2.12. The molecule has 5 heteroatoms. The molecule has 0 saturated carbocycles. The molecule has 3 nitrogen and oxygen atoms in total. The number of thiazole rings is 1. The highest BCUT2D eigenvalue weighted by molar-refractivity contribution is 7.22. The number of nitrogens with zero attached hydrogens (tertiary/aromatic N) is 1. The first-order valence-electron chi connectivity index (χ1n) is 5.48. The lowest BCUT2D eigenvalue weighted by Crippen LogP contribution is -2.11. The molecular weight excluding hydrogens is 256 g/mol. The number of carbonyl (C=O) groups is 1. The van der Waals surface area contributed by atoms with Crippen LogP contribution >= 0.6 is 22.9 Å². The first-order valence-corrected chi connectivity index (χ1v) is 6.83. The smallest absolute Gasteiger partial charge is 0.227 e. The van der Waals surface area contributed by atoms with Gasteiger partial charge in [0.1, 0.15) is 0 Å². The monoisotopic (exact) mass is 268 g/mol. The fourth-order valence-electron chi connectivity index (χ4n) is 1.51. The molecule has 90 valence electrons. The zero-order chi connectivity index (χ0) is 12.3. The van der Waals surface area contributed by atoms with E-state index in [0.29, 0.717) is 17.4 Å². The Bertz CT molecular complexity index is 538. The normalized spacial score (nSPS) is 10.7. The average molecular weight is 269 g/mol. The maximum absolute atomic E-state index is 11.4. The number of hydrogen-bond acceptors (Lipinski definition) is 3. The van der Waals surface area contributed by atoms with Crippen molar-refractivity contribution < 1.29 is 4.79 Å². The molecule has 1 aromatic carbocycles. The Hall–Kier alpha value is -1.13. The number of aryl methyl sites for hydroxylation is 1. The Labute approximate surface area is 109 Å². The van der Waals surface area contributed by atoms with Crippen LogP contribution in [0.1, 0.15) is 18.9 Å². The highest BCUT2D eigenvalue weighted by atomic mass is 35.5. The predicted molar refractivity (Wildman–Crippen MR) is 73.0 cm³/mol. The number of nitrogens with one attached hydrogen (secondary N) is 1. The molecule has 1 amide bonds. The summed E-state index contributed by atoms with van der Waals surface area (Å²) in [4.78, 5) is 15.7. The molecule has 0 aliphatic heterocycles. The third-order valence-corrected chi connectivity index (χ3v) is 3.55. The van der Waals surface area contributed by atoms with Gasteiger partial charge in [0.25, 0.3) is 0 Å². The van der Waals surface area contributed by atoms with Crippen molar-refractivity contribution in [3.63, 3.8) is 0 Å². The van der Waals surface area contributed by atoms with Gasteiger partial charge in [-0.25, -0.2) is 4.98 Å². The highest BCUT2D eigenvalue weighted by Crippen LogP contribution is 2.27. The summed E-state index contributed by atoms with van der Waals surface area (Å²) in [5.74, 6) is 0.242. The third-order valence-electron chi connectivity index (χ3n) is 2.43. The summed E-state index contributed by atoms with van der Waals surface area (Å²) >= 11 is 7.00. The van der Waals surface area contributed by atoms with Gasteiger partial charge in [-0.1, -0.05) is 24.3 Å². The Morgan fingerprint density at radius 1 is 1.53 bits per heavy atom. The van der Waals surface area contributed by atoms with Gasteiger partial charge >= 0.3 is 0 Å². The molecule has 0 bridgehead atoms. The van der Waals surface area contributed by atoms with Crippen molar-refractivity contribution in [2.45, 2.75) is 19.8 Å². The van der Waals surface area contributed by atoms with Crippen LogP contribution < -0.4 is 5.32 Å². The van der Waals surface area contributed by atoms with Crippen molar-refractivity contribution in [3.05, 3.63) is 23.8 Å². The van der Waals surface area contributed by atoms with Crippen LogP contribution in [0.25, 0.3) is 10.2 Å². The molecule has 0 fully saturated rings. The molecule has 0 aliphatic carbocycles. The van der Waals surface area contributed by atoms with E-state index in [0.717, 1.165) is 16.6 Å². The Morgan fingerprint density at radius 2 is 2.35 bits per heavy atom. The zero-order valence-corrected chi connectivity index (χ0v) is 11.1. The van der Waals surface area contributed by atoms with Gasteiger partial charge in [-0.05, 0) is 24.1 Å². The van der Waals surface area contributed by atoms with E-state index in [1.807, 2.05) is 6.07 Å². The van der Waals surface area contributed by atoms with E-state index >= 15 is 0 Å². The van der Waals surface area contributed by atoms with Crippen molar-refractivity contribution in [2.24, 2.45) is 0 Å². The van der Waals surface area contributed by atoms with Crippen molar-refractivity contribution >= 4 is 44.2 Å². The molecule has 0 spiro atoms. The van der Waals surface area contributed by atoms with E-state index in [2.05, 4.69) is 29.4 Å². The van der Waals surface area contributed by atoms with Crippen molar-refractivity contribution in [2.75, 3.05) is 11.2 Å². The minimum absolute atomic E-state index is 0.0882. The lowest BCUT2D eigenvalue weighted by molar-refractivity contribution is -0.115. The number of carbonyl (C=O) groups excluding carboxylic acids is 1. The molecule has 0 atom stereocenters. The van der Waals surface area contributed by atoms with Crippen LogP contribution in [0.4, 0.5) is 5.13 Å². The molecule has 1 N–H and O–H groups in total. The maximum Gasteiger partial charge on any atom is 0.227 e. The van der Waals surface area contributed by atoms with Gasteiger partial charge in [0, 0.05) is 12.3 Å². The lowest BCUT2D eigenvalue weighted by Gasteiger charge is -1.96. The van der Waals surface area contributed by atoms with E-state index in [1.165, 1.54) is 16.9 Å². The molecule has 2 rings (SSSR count). The first-order chi connectivity index (χ1) is 8.22. The number of fused-ring (bicyclic) bond motifs is 1. The fourth-order valence-corrected chi connectivity index (χ4v) is 2.63. The lowest BCUT2D eigenvalue weighted by atomic mass is 10.2. The van der Waals surface area contributed by atoms with Crippen molar-refractivity contribution in [1.29, 1.82) is 0 Å². The molecule has 1 aromatic heterocycles. The molecule has 2 aromatic rings. The minimum atomic E-state index is -0.0882. The van der Waals surface area contributed by atoms with Gasteiger partial charge < -0.3 is 5.32 Å². The van der Waals surface area contributed by atoms with E-state index in [9.17, 15) is 4.79 Å². The van der Waals surface area contributed by atoms with Crippen molar-refractivity contribution in [1.82, 2.24) is 4.98 Å². The summed E-state index contributed by atoms with van der Waals surface area (Å²) in [6.07, 6.45) is 1.32. The number of halogens is 1. The second-order valence-corrected chi connectivity index (χ2v) is 5.07. The quantitative estimate of drug-likeness (QED) is 0.864. The number of anilines is 1. The maximum atomic E-state index is 11.4. The minimum Gasteiger partial charge on any atom is -0.302 e. The number of benzene rings is 1. The highest BCUT2D eigenvalue weighted by Gasteiger charge is 2.07. The Kier molecular flexibility index (Phi) is 3.97. The standard InChI is InChI=1S/C12H13ClN2OS/c1-2-8-3-4-9-10(7-8)17-12(14-9)15-11(16)5-6-13/h3-4,7H,2,5-6H2,1H3,(H,14,15,16). The van der Waals surface area contributed by atoms with Crippen LogP contribution in [0, 0.1) is 0 Å². The third kappa shape index (κ3) is 2.96. The summed E-state index contributed by atoms with van der Waals surface area (Å²) in [7, 11) is 0. The van der Waals surface area contributed by atoms with E-state index in [1.54, 1.807) is 0 Å². The SMILES string of the molecule is CCc1ccc2nc(NC(=O)CCCl)sc2c1. The zero-order valence-electron chi connectivity index (χ0n) is 9.50. The summed E-state index contributed by atoms with van der Waals surface area (Å²) in [6, 6.07) is 6.17. The molecular formula is C12H13ClN2OS. The number of amides is 1. The predicted octanol–water partition coefficient (Wildman–Crippen LogP) is 3.43. The molecule has 17 heavy (non-hydrogen) atoms. The van der Waals surface area contributed by atoms with Gasteiger partial charge in [0.15, 0.2) is 5.13 Å². The molecule has 0 aliphatic rings. The van der Waals surface area contributed by atoms with Gasteiger partial charge in [-0.2, -0.15) is 0 Å². The van der Waals surface area contributed by atoms with Crippen LogP contribution in [0.15, 0.2) is 18.2 Å². The fraction of sp³-hybridized carbons (Fsp3) is 0.333. The van der Waals surface area contributed by atoms with Crippen molar-refractivity contribution in [3.8, 4) is 0 Å². The van der Waals surface area contributed by atoms with Gasteiger partial charge in [0.2, 0.25) is 5.91 Å². The van der Waals surface area contributed by atoms with E-state index in [-0.39, 0.29) is 5.91 Å². The van der Waals surface area contributed by atoms with Crippen LogP contribution in [0.3, 0.4) is 0 Å². The molecule has 0 unspecified atom stereocenters. The van der Waals surface area contributed by atoms with Gasteiger partial charge in [0.05, 0.1) is 10.2 Å². The molecule has 0 radical (unpaired) electrons. The number of aromatic nitrogens is 1. The number of hydrogen-bond donors (Lipinski definition) is 1. The molecule has 1 heterocycles. The van der Waals surface area contributed by atoms with Crippen LogP contribution in [-0.4, -0.2) is 16.8 Å². The van der Waals surface area contributed by atoms with E-state index < -0.39 is 0 Å². The first kappa shape index (κ1) is 12.3. The summed E-state index contributed by atoms with van der Waals surface area (Å²) in [5.41, 5.74) is 2.20. The van der Waals surface area contributed by atoms with Crippen LogP contribution in [0.5, 0.6) is 0 Å².